The number of rotatable bonds is 13. The second kappa shape index (κ2) is 15.5. The lowest BCUT2D eigenvalue weighted by Gasteiger charge is -2.38. The standard InChI is InChI=1S/C31H56O2/c1-3-5-7-8-10-12-25-13-17-27(18-14-25)28-19-21-29(22-20-28)31(32)33-30-23-15-26(16-24-30)11-9-6-4-2/h25-30H,3-24H2,1-2H3. The van der Waals surface area contributed by atoms with E-state index in [1.54, 1.807) is 0 Å². The number of hydrogen-bond acceptors (Lipinski definition) is 2. The number of ether oxygens (including phenoxy) is 1. The van der Waals surface area contributed by atoms with Crippen molar-refractivity contribution in [2.75, 3.05) is 0 Å². The quantitative estimate of drug-likeness (QED) is 0.202. The summed E-state index contributed by atoms with van der Waals surface area (Å²) in [7, 11) is 0. The molecule has 0 aliphatic heterocycles. The normalized spacial score (nSPS) is 33.0. The van der Waals surface area contributed by atoms with E-state index < -0.39 is 0 Å². The lowest BCUT2D eigenvalue weighted by molar-refractivity contribution is -0.157. The maximum Gasteiger partial charge on any atom is 0.309 e. The largest absolute Gasteiger partial charge is 0.462 e. The molecule has 0 aromatic rings. The summed E-state index contributed by atoms with van der Waals surface area (Å²) < 4.78 is 6.02. The Balaban J connectivity index is 1.25. The predicted molar refractivity (Wildman–Crippen MR) is 140 cm³/mol. The van der Waals surface area contributed by atoms with E-state index in [0.717, 1.165) is 49.4 Å². The summed E-state index contributed by atoms with van der Waals surface area (Å²) in [6.45, 7) is 4.59. The molecule has 0 radical (unpaired) electrons. The molecule has 3 rings (SSSR count). The minimum Gasteiger partial charge on any atom is -0.462 e. The zero-order valence-electron chi connectivity index (χ0n) is 22.3. The average molecular weight is 461 g/mol. The summed E-state index contributed by atoms with van der Waals surface area (Å²) in [6, 6.07) is 0. The van der Waals surface area contributed by atoms with E-state index in [-0.39, 0.29) is 18.0 Å². The first-order valence-electron chi connectivity index (χ1n) is 15.4. The molecule has 0 bridgehead atoms. The Morgan fingerprint density at radius 1 is 0.576 bits per heavy atom. The molecule has 0 aromatic carbocycles. The minimum absolute atomic E-state index is 0.148. The van der Waals surface area contributed by atoms with Crippen molar-refractivity contribution in [1.29, 1.82) is 0 Å². The lowest BCUT2D eigenvalue weighted by Crippen LogP contribution is -2.32. The Morgan fingerprint density at radius 2 is 1.03 bits per heavy atom. The summed E-state index contributed by atoms with van der Waals surface area (Å²) in [5.41, 5.74) is 0. The van der Waals surface area contributed by atoms with Gasteiger partial charge < -0.3 is 4.74 Å². The fraction of sp³-hybridized carbons (Fsp3) is 0.968. The first-order chi connectivity index (χ1) is 16.2. The van der Waals surface area contributed by atoms with Crippen LogP contribution >= 0.6 is 0 Å². The molecule has 0 atom stereocenters. The molecule has 0 N–H and O–H groups in total. The van der Waals surface area contributed by atoms with Crippen molar-refractivity contribution in [3.63, 3.8) is 0 Å². The highest BCUT2D eigenvalue weighted by Crippen LogP contribution is 2.43. The van der Waals surface area contributed by atoms with Gasteiger partial charge in [0.25, 0.3) is 0 Å². The third-order valence-corrected chi connectivity index (χ3v) is 9.67. The van der Waals surface area contributed by atoms with Gasteiger partial charge in [0.2, 0.25) is 0 Å². The van der Waals surface area contributed by atoms with Crippen LogP contribution in [0.3, 0.4) is 0 Å². The molecule has 33 heavy (non-hydrogen) atoms. The van der Waals surface area contributed by atoms with Gasteiger partial charge in [-0.1, -0.05) is 90.9 Å². The topological polar surface area (TPSA) is 26.3 Å². The highest BCUT2D eigenvalue weighted by Gasteiger charge is 2.34. The zero-order valence-corrected chi connectivity index (χ0v) is 22.3. The van der Waals surface area contributed by atoms with Crippen LogP contribution in [0, 0.1) is 29.6 Å². The summed E-state index contributed by atoms with van der Waals surface area (Å²) in [5.74, 6) is 4.08. The highest BCUT2D eigenvalue weighted by atomic mass is 16.5. The molecule has 0 heterocycles. The van der Waals surface area contributed by atoms with Gasteiger partial charge in [0, 0.05) is 0 Å². The predicted octanol–water partition coefficient (Wildman–Crippen LogP) is 9.64. The van der Waals surface area contributed by atoms with E-state index in [1.807, 2.05) is 0 Å². The molecule has 3 fully saturated rings. The molecular weight excluding hydrogens is 404 g/mol. The molecular formula is C31H56O2. The Hall–Kier alpha value is -0.530. The molecule has 2 nitrogen and oxygen atoms in total. The maximum atomic E-state index is 12.8. The summed E-state index contributed by atoms with van der Waals surface area (Å²) >= 11 is 0. The van der Waals surface area contributed by atoms with Crippen LogP contribution in [0.4, 0.5) is 0 Å². The van der Waals surface area contributed by atoms with Crippen molar-refractivity contribution in [2.45, 2.75) is 161 Å². The summed E-state index contributed by atoms with van der Waals surface area (Å²) in [6.07, 6.45) is 29.7. The molecule has 0 aromatic heterocycles. The van der Waals surface area contributed by atoms with Gasteiger partial charge in [-0.2, -0.15) is 0 Å². The first-order valence-corrected chi connectivity index (χ1v) is 15.4. The maximum absolute atomic E-state index is 12.8. The van der Waals surface area contributed by atoms with Gasteiger partial charge in [-0.15, -0.1) is 0 Å². The molecule has 3 aliphatic carbocycles. The van der Waals surface area contributed by atoms with Crippen LogP contribution in [0.2, 0.25) is 0 Å². The van der Waals surface area contributed by atoms with Crippen LogP contribution in [0.25, 0.3) is 0 Å². The van der Waals surface area contributed by atoms with E-state index in [4.69, 9.17) is 4.74 Å². The fourth-order valence-corrected chi connectivity index (χ4v) is 7.29. The molecule has 3 aliphatic rings. The Labute approximate surface area is 206 Å². The van der Waals surface area contributed by atoms with Gasteiger partial charge in [0.15, 0.2) is 0 Å². The Kier molecular flexibility index (Phi) is 12.7. The number of carbonyl (C=O) groups excluding carboxylic acids is 1. The van der Waals surface area contributed by atoms with Gasteiger partial charge in [0.05, 0.1) is 5.92 Å². The van der Waals surface area contributed by atoms with Crippen molar-refractivity contribution < 1.29 is 9.53 Å². The molecule has 2 heteroatoms. The van der Waals surface area contributed by atoms with Crippen molar-refractivity contribution in [2.24, 2.45) is 29.6 Å². The van der Waals surface area contributed by atoms with Crippen LogP contribution in [0.1, 0.15) is 155 Å². The fourth-order valence-electron chi connectivity index (χ4n) is 7.29. The summed E-state index contributed by atoms with van der Waals surface area (Å²) in [4.78, 5) is 12.8. The van der Waals surface area contributed by atoms with Gasteiger partial charge in [-0.25, -0.2) is 0 Å². The van der Waals surface area contributed by atoms with Crippen molar-refractivity contribution >= 4 is 5.97 Å². The lowest BCUT2D eigenvalue weighted by atomic mass is 9.68. The number of esters is 1. The van der Waals surface area contributed by atoms with Gasteiger partial charge in [-0.05, 0) is 87.9 Å². The molecule has 192 valence electrons. The second-order valence-corrected chi connectivity index (χ2v) is 12.2. The van der Waals surface area contributed by atoms with E-state index in [9.17, 15) is 4.79 Å². The van der Waals surface area contributed by atoms with Crippen LogP contribution < -0.4 is 0 Å². The smallest absolute Gasteiger partial charge is 0.309 e. The summed E-state index contributed by atoms with van der Waals surface area (Å²) in [5, 5.41) is 0. The molecule has 0 spiro atoms. The van der Waals surface area contributed by atoms with Crippen molar-refractivity contribution in [1.82, 2.24) is 0 Å². The SMILES string of the molecule is CCCCCCCC1CCC(C2CCC(C(=O)OC3CCC(CCCCC)CC3)CC2)CC1. The van der Waals surface area contributed by atoms with Crippen LogP contribution in [-0.2, 0) is 9.53 Å². The first kappa shape index (κ1) is 27.1. The number of hydrogen-bond donors (Lipinski definition) is 0. The highest BCUT2D eigenvalue weighted by molar-refractivity contribution is 5.72. The third-order valence-electron chi connectivity index (χ3n) is 9.67. The monoisotopic (exact) mass is 460 g/mol. The third kappa shape index (κ3) is 9.56. The number of unbranched alkanes of at least 4 members (excludes halogenated alkanes) is 6. The Bertz CT molecular complexity index is 505. The van der Waals surface area contributed by atoms with Gasteiger partial charge in [-0.3, -0.25) is 4.79 Å². The molecule has 0 amide bonds. The van der Waals surface area contributed by atoms with Gasteiger partial charge >= 0.3 is 5.97 Å². The van der Waals surface area contributed by atoms with Crippen molar-refractivity contribution in [3.05, 3.63) is 0 Å². The minimum atomic E-state index is 0.148. The van der Waals surface area contributed by atoms with Crippen molar-refractivity contribution in [3.8, 4) is 0 Å². The van der Waals surface area contributed by atoms with Crippen LogP contribution in [0.5, 0.6) is 0 Å². The average Bonchev–Trinajstić information content (AvgIpc) is 2.86. The number of carbonyl (C=O) groups is 1. The Morgan fingerprint density at radius 3 is 1.61 bits per heavy atom. The molecule has 0 saturated heterocycles. The zero-order chi connectivity index (χ0) is 23.3. The van der Waals surface area contributed by atoms with E-state index in [0.29, 0.717) is 0 Å². The van der Waals surface area contributed by atoms with Crippen LogP contribution in [0.15, 0.2) is 0 Å². The molecule has 0 unspecified atom stereocenters. The molecule has 3 saturated carbocycles. The van der Waals surface area contributed by atoms with Gasteiger partial charge in [0.1, 0.15) is 6.10 Å². The second-order valence-electron chi connectivity index (χ2n) is 12.2. The van der Waals surface area contributed by atoms with Crippen LogP contribution in [-0.4, -0.2) is 12.1 Å². The van der Waals surface area contributed by atoms with E-state index in [2.05, 4.69) is 13.8 Å². The van der Waals surface area contributed by atoms with E-state index >= 15 is 0 Å². The van der Waals surface area contributed by atoms with E-state index in [1.165, 1.54) is 116 Å².